The topological polar surface area (TPSA) is 99.1 Å². The Kier molecular flexibility index (Phi) is 38.0. The van der Waals surface area contributed by atoms with E-state index in [0.717, 1.165) is 83.5 Å². The zero-order valence-corrected chi connectivity index (χ0v) is 37.7. The summed E-state index contributed by atoms with van der Waals surface area (Å²) in [7, 11) is 5.49. The molecule has 0 amide bonds. The van der Waals surface area contributed by atoms with Crippen LogP contribution < -0.4 is 0 Å². The molecule has 0 aromatic rings. The molecule has 0 radical (unpaired) electrons. The summed E-state index contributed by atoms with van der Waals surface area (Å²) in [5.74, 6) is -1.55. The van der Waals surface area contributed by atoms with E-state index in [1.165, 1.54) is 19.3 Å². The van der Waals surface area contributed by atoms with Crippen molar-refractivity contribution in [3.8, 4) is 0 Å². The molecule has 1 N–H and O–H groups in total. The van der Waals surface area contributed by atoms with Gasteiger partial charge in [0.15, 0.2) is 12.1 Å². The standard InChI is InChI=1S/C51H81NO7/c1-6-8-10-12-14-16-18-20-22-23-24-25-26-28-29-31-33-35-37-39-41-49(53)58-46-47(45-57-44-43-48(51(55)56)52(3,4)5)59-50(54)42-40-38-36-34-32-30-27-21-19-17-15-13-11-9-7-2/h8-11,13-17,19-22,24-25,27,30,32,47-48H,6-7,12,18,23,26,28-29,31,33-46H2,1-5H3/p+1/b10-8+,11-9+,15-13+,16-14+,19-17+,22-20+,25-24+,27-21+,32-30+. The highest BCUT2D eigenvalue weighted by Gasteiger charge is 2.31. The van der Waals surface area contributed by atoms with Crippen LogP contribution in [-0.2, 0) is 28.6 Å². The maximum absolute atomic E-state index is 12.7. The number of carboxylic acids is 1. The SMILES string of the molecule is CC/C=C/C=C/C=C/C=C/C=C/CCCCCC(=O)OC(COCCC(C(=O)O)[N+](C)(C)C)COC(=O)CCCCCCCCC/C=C/C/C=C/C/C=C/C/C=C/CC. The van der Waals surface area contributed by atoms with Crippen molar-refractivity contribution < 1.29 is 38.2 Å². The Hall–Kier alpha value is -4.01. The molecule has 332 valence electrons. The Labute approximate surface area is 359 Å². The highest BCUT2D eigenvalue weighted by molar-refractivity contribution is 5.72. The zero-order chi connectivity index (χ0) is 43.5. The summed E-state index contributed by atoms with van der Waals surface area (Å²) >= 11 is 0. The van der Waals surface area contributed by atoms with E-state index < -0.39 is 18.1 Å². The van der Waals surface area contributed by atoms with Crippen LogP contribution in [-0.4, -0.2) is 80.6 Å². The van der Waals surface area contributed by atoms with Gasteiger partial charge in [-0.1, -0.05) is 162 Å². The summed E-state index contributed by atoms with van der Waals surface area (Å²) < 4.78 is 17.2. The Balaban J connectivity index is 4.42. The summed E-state index contributed by atoms with van der Waals surface area (Å²) in [6, 6.07) is -0.631. The molecule has 0 aromatic heterocycles. The molecule has 0 bridgehead atoms. The number of aliphatic carboxylic acids is 1. The second-order valence-corrected chi connectivity index (χ2v) is 15.7. The van der Waals surface area contributed by atoms with Gasteiger partial charge < -0.3 is 23.8 Å². The lowest BCUT2D eigenvalue weighted by Gasteiger charge is -2.31. The maximum atomic E-state index is 12.7. The van der Waals surface area contributed by atoms with E-state index in [0.29, 0.717) is 19.3 Å². The van der Waals surface area contributed by atoms with E-state index in [2.05, 4.69) is 74.6 Å². The van der Waals surface area contributed by atoms with Gasteiger partial charge >= 0.3 is 17.9 Å². The van der Waals surface area contributed by atoms with Crippen molar-refractivity contribution in [3.63, 3.8) is 0 Å². The van der Waals surface area contributed by atoms with Crippen LogP contribution >= 0.6 is 0 Å². The van der Waals surface area contributed by atoms with Crippen molar-refractivity contribution in [3.05, 3.63) is 109 Å². The number of nitrogens with zero attached hydrogens (tertiary/aromatic N) is 1. The second-order valence-electron chi connectivity index (χ2n) is 15.7. The number of carboxylic acid groups (broad SMARTS) is 1. The molecule has 59 heavy (non-hydrogen) atoms. The minimum Gasteiger partial charge on any atom is -0.477 e. The highest BCUT2D eigenvalue weighted by Crippen LogP contribution is 2.13. The molecule has 0 aromatic carbocycles. The second kappa shape index (κ2) is 40.8. The minimum atomic E-state index is -0.890. The van der Waals surface area contributed by atoms with Crippen LogP contribution in [0.1, 0.15) is 142 Å². The number of rotatable bonds is 38. The van der Waals surface area contributed by atoms with Gasteiger partial charge in [0, 0.05) is 19.3 Å². The van der Waals surface area contributed by atoms with Crippen LogP contribution in [0.2, 0.25) is 0 Å². The van der Waals surface area contributed by atoms with Gasteiger partial charge in [-0.3, -0.25) is 9.59 Å². The first-order valence-electron chi connectivity index (χ1n) is 22.5. The van der Waals surface area contributed by atoms with Gasteiger partial charge in [0.25, 0.3) is 0 Å². The molecule has 0 rings (SSSR count). The van der Waals surface area contributed by atoms with Crippen LogP contribution in [0.25, 0.3) is 0 Å². The number of likely N-dealkylation sites (N-methyl/N-ethyl adjacent to an activating group) is 1. The maximum Gasteiger partial charge on any atom is 0.362 e. The van der Waals surface area contributed by atoms with E-state index in [9.17, 15) is 19.5 Å². The molecular weight excluding hydrogens is 739 g/mol. The normalized spacial score (nSPS) is 14.0. The number of hydrogen-bond donors (Lipinski definition) is 1. The predicted molar refractivity (Wildman–Crippen MR) is 247 cm³/mol. The zero-order valence-electron chi connectivity index (χ0n) is 37.7. The van der Waals surface area contributed by atoms with Crippen molar-refractivity contribution in [1.82, 2.24) is 0 Å². The van der Waals surface area contributed by atoms with Gasteiger partial charge in [-0.2, -0.15) is 0 Å². The monoisotopic (exact) mass is 821 g/mol. The van der Waals surface area contributed by atoms with Gasteiger partial charge in [0.1, 0.15) is 6.61 Å². The van der Waals surface area contributed by atoms with Gasteiger partial charge in [-0.15, -0.1) is 0 Å². The fraction of sp³-hybridized carbons (Fsp3) is 0.588. The number of esters is 2. The number of allylic oxidation sites excluding steroid dienone is 18. The first kappa shape index (κ1) is 55.0. The minimum absolute atomic E-state index is 0.0322. The molecule has 0 aliphatic rings. The summed E-state index contributed by atoms with van der Waals surface area (Å²) in [4.78, 5) is 37.0. The van der Waals surface area contributed by atoms with E-state index >= 15 is 0 Å². The quantitative estimate of drug-likeness (QED) is 0.0218. The van der Waals surface area contributed by atoms with E-state index in [1.54, 1.807) is 0 Å². The van der Waals surface area contributed by atoms with Crippen molar-refractivity contribution in [2.24, 2.45) is 0 Å². The highest BCUT2D eigenvalue weighted by atomic mass is 16.6. The van der Waals surface area contributed by atoms with Crippen molar-refractivity contribution in [2.75, 3.05) is 41.0 Å². The Morgan fingerprint density at radius 3 is 1.54 bits per heavy atom. The summed E-state index contributed by atoms with van der Waals surface area (Å²) in [6.07, 6.45) is 55.6. The third-order valence-electron chi connectivity index (χ3n) is 9.30. The molecule has 0 heterocycles. The largest absolute Gasteiger partial charge is 0.477 e. The van der Waals surface area contributed by atoms with Crippen molar-refractivity contribution in [2.45, 2.75) is 154 Å². The number of carbonyl (C=O) groups is 3. The molecule has 8 nitrogen and oxygen atoms in total. The molecule has 0 saturated heterocycles. The van der Waals surface area contributed by atoms with Crippen LogP contribution in [0, 0.1) is 0 Å². The average molecular weight is 821 g/mol. The first-order chi connectivity index (χ1) is 28.6. The average Bonchev–Trinajstić information content (AvgIpc) is 3.19. The van der Waals surface area contributed by atoms with Crippen LogP contribution in [0.5, 0.6) is 0 Å². The predicted octanol–water partition coefficient (Wildman–Crippen LogP) is 12.5. The van der Waals surface area contributed by atoms with Gasteiger partial charge in [0.05, 0.1) is 34.4 Å². The Morgan fingerprint density at radius 1 is 0.525 bits per heavy atom. The number of quaternary nitrogens is 1. The Morgan fingerprint density at radius 2 is 0.983 bits per heavy atom. The van der Waals surface area contributed by atoms with Crippen molar-refractivity contribution in [1.29, 1.82) is 0 Å². The lowest BCUT2D eigenvalue weighted by atomic mass is 10.1. The smallest absolute Gasteiger partial charge is 0.362 e. The Bertz CT molecular complexity index is 1330. The van der Waals surface area contributed by atoms with E-state index in [1.807, 2.05) is 69.8 Å². The molecule has 8 heteroatoms. The molecular formula is C51H82NO7+. The fourth-order valence-electron chi connectivity index (χ4n) is 5.87. The molecule has 0 spiro atoms. The van der Waals surface area contributed by atoms with Crippen LogP contribution in [0.4, 0.5) is 0 Å². The lowest BCUT2D eigenvalue weighted by molar-refractivity contribution is -0.887. The molecule has 2 unspecified atom stereocenters. The number of hydrogen-bond acceptors (Lipinski definition) is 6. The fourth-order valence-corrected chi connectivity index (χ4v) is 5.87. The van der Waals surface area contributed by atoms with Gasteiger partial charge in [-0.05, 0) is 70.6 Å². The van der Waals surface area contributed by atoms with E-state index in [-0.39, 0.29) is 42.7 Å². The molecule has 0 fully saturated rings. The van der Waals surface area contributed by atoms with Gasteiger partial charge in [0.2, 0.25) is 0 Å². The number of ether oxygens (including phenoxy) is 3. The molecule has 2 atom stereocenters. The lowest BCUT2D eigenvalue weighted by Crippen LogP contribution is -2.50. The van der Waals surface area contributed by atoms with Crippen LogP contribution in [0.15, 0.2) is 109 Å². The number of carbonyl (C=O) groups excluding carboxylic acids is 2. The summed E-state index contributed by atoms with van der Waals surface area (Å²) in [6.45, 7) is 4.40. The van der Waals surface area contributed by atoms with Crippen molar-refractivity contribution >= 4 is 17.9 Å². The summed E-state index contributed by atoms with van der Waals surface area (Å²) in [5, 5.41) is 9.62. The van der Waals surface area contributed by atoms with E-state index in [4.69, 9.17) is 14.2 Å². The summed E-state index contributed by atoms with van der Waals surface area (Å²) in [5.41, 5.74) is 0. The molecule has 0 aliphatic heterocycles. The first-order valence-corrected chi connectivity index (χ1v) is 22.5. The third-order valence-corrected chi connectivity index (χ3v) is 9.30. The number of unbranched alkanes of at least 4 members (excludes halogenated alkanes) is 10. The third kappa shape index (κ3) is 39.2. The molecule has 0 aliphatic carbocycles. The van der Waals surface area contributed by atoms with Gasteiger partial charge in [-0.25, -0.2) is 4.79 Å². The molecule has 0 saturated carbocycles. The van der Waals surface area contributed by atoms with Crippen LogP contribution in [0.3, 0.4) is 0 Å².